The number of hydrogen-bond acceptors (Lipinski definition) is 3. The Morgan fingerprint density at radius 2 is 2.31 bits per heavy atom. The summed E-state index contributed by atoms with van der Waals surface area (Å²) in [6.07, 6.45) is 0. The molecule has 1 aliphatic rings. The molecule has 1 N–H and O–H groups in total. The maximum absolute atomic E-state index is 10.5. The molecule has 1 aromatic rings. The Bertz CT molecular complexity index is 337. The van der Waals surface area contributed by atoms with Crippen LogP contribution in [0.1, 0.15) is 0 Å². The number of fused-ring (bicyclic) bond motifs is 1. The van der Waals surface area contributed by atoms with E-state index in [1.54, 1.807) is 4.90 Å². The summed E-state index contributed by atoms with van der Waals surface area (Å²) in [5.41, 5.74) is 0.852. The minimum Gasteiger partial charge on any atom is -0.480 e. The third-order valence-electron chi connectivity index (χ3n) is 1.91. The van der Waals surface area contributed by atoms with E-state index in [-0.39, 0.29) is 6.54 Å². The number of carbonyl (C=O) groups is 1. The fourth-order valence-electron chi connectivity index (χ4n) is 1.35. The lowest BCUT2D eigenvalue weighted by Gasteiger charge is -2.12. The minimum absolute atomic E-state index is 0.0169. The molecule has 0 spiro atoms. The first kappa shape index (κ1) is 7.91. The third kappa shape index (κ3) is 1.42. The van der Waals surface area contributed by atoms with E-state index in [2.05, 4.69) is 0 Å². The van der Waals surface area contributed by atoms with Crippen molar-refractivity contribution in [3.05, 3.63) is 24.3 Å². The van der Waals surface area contributed by atoms with E-state index in [0.717, 1.165) is 11.4 Å². The predicted molar refractivity (Wildman–Crippen MR) is 46.9 cm³/mol. The van der Waals surface area contributed by atoms with Crippen LogP contribution in [-0.2, 0) is 4.79 Å². The zero-order valence-electron chi connectivity index (χ0n) is 6.93. The minimum atomic E-state index is -0.847. The van der Waals surface area contributed by atoms with Gasteiger partial charge in [0.05, 0.1) is 5.69 Å². The molecule has 0 saturated carbocycles. The lowest BCUT2D eigenvalue weighted by molar-refractivity contribution is -0.135. The highest BCUT2D eigenvalue weighted by atomic mass is 16.5. The van der Waals surface area contributed by atoms with Crippen LogP contribution in [0, 0.1) is 0 Å². The van der Waals surface area contributed by atoms with Gasteiger partial charge in [0.25, 0.3) is 0 Å². The summed E-state index contributed by atoms with van der Waals surface area (Å²) in [6, 6.07) is 7.41. The Balaban J connectivity index is 2.23. The van der Waals surface area contributed by atoms with Crippen molar-refractivity contribution >= 4 is 11.7 Å². The van der Waals surface area contributed by atoms with Crippen LogP contribution in [0.4, 0.5) is 5.69 Å². The van der Waals surface area contributed by atoms with Crippen molar-refractivity contribution in [1.82, 2.24) is 0 Å². The summed E-state index contributed by atoms with van der Waals surface area (Å²) in [5.74, 6) is -0.0935. The third-order valence-corrected chi connectivity index (χ3v) is 1.91. The van der Waals surface area contributed by atoms with Gasteiger partial charge in [0.1, 0.15) is 12.3 Å². The second-order valence-corrected chi connectivity index (χ2v) is 2.83. The van der Waals surface area contributed by atoms with Gasteiger partial charge in [-0.3, -0.25) is 4.79 Å². The van der Waals surface area contributed by atoms with E-state index in [1.165, 1.54) is 0 Å². The first-order valence-corrected chi connectivity index (χ1v) is 3.96. The zero-order chi connectivity index (χ0) is 9.26. The van der Waals surface area contributed by atoms with Gasteiger partial charge in [0.15, 0.2) is 6.73 Å². The highest BCUT2D eigenvalue weighted by molar-refractivity contribution is 5.75. The van der Waals surface area contributed by atoms with Crippen LogP contribution in [0.25, 0.3) is 0 Å². The quantitative estimate of drug-likeness (QED) is 0.733. The maximum atomic E-state index is 10.5. The second-order valence-electron chi connectivity index (χ2n) is 2.83. The molecule has 0 radical (unpaired) electrons. The number of anilines is 1. The van der Waals surface area contributed by atoms with E-state index >= 15 is 0 Å². The second kappa shape index (κ2) is 2.97. The van der Waals surface area contributed by atoms with Gasteiger partial charge < -0.3 is 14.7 Å². The number of carboxylic acid groups (broad SMARTS) is 1. The summed E-state index contributed by atoms with van der Waals surface area (Å²) in [7, 11) is 0. The van der Waals surface area contributed by atoms with E-state index in [0.29, 0.717) is 6.73 Å². The largest absolute Gasteiger partial charge is 0.480 e. The standard InChI is InChI=1S/C9H9NO3/c11-9(12)5-10-6-13-8-4-2-1-3-7(8)10/h1-4H,5-6H2,(H,11,12). The average molecular weight is 179 g/mol. The normalized spacial score (nSPS) is 13.7. The molecule has 0 amide bonds. The molecular weight excluding hydrogens is 170 g/mol. The molecule has 1 aliphatic heterocycles. The molecule has 13 heavy (non-hydrogen) atoms. The predicted octanol–water partition coefficient (Wildman–Crippen LogP) is 0.927. The van der Waals surface area contributed by atoms with Crippen molar-refractivity contribution < 1.29 is 14.6 Å². The van der Waals surface area contributed by atoms with Crippen molar-refractivity contribution in [1.29, 1.82) is 0 Å². The van der Waals surface area contributed by atoms with Gasteiger partial charge in [0.2, 0.25) is 0 Å². The zero-order valence-corrected chi connectivity index (χ0v) is 6.93. The molecular formula is C9H9NO3. The number of ether oxygens (including phenoxy) is 1. The fraction of sp³-hybridized carbons (Fsp3) is 0.222. The lowest BCUT2D eigenvalue weighted by Crippen LogP contribution is -2.28. The first-order chi connectivity index (χ1) is 6.27. The van der Waals surface area contributed by atoms with Crippen LogP contribution in [0.15, 0.2) is 24.3 Å². The van der Waals surface area contributed by atoms with Gasteiger partial charge in [-0.2, -0.15) is 0 Å². The van der Waals surface area contributed by atoms with Gasteiger partial charge >= 0.3 is 5.97 Å². The number of nitrogens with zero attached hydrogens (tertiary/aromatic N) is 1. The molecule has 4 nitrogen and oxygen atoms in total. The lowest BCUT2D eigenvalue weighted by atomic mass is 10.3. The maximum Gasteiger partial charge on any atom is 0.323 e. The van der Waals surface area contributed by atoms with Crippen LogP contribution in [-0.4, -0.2) is 24.4 Å². The molecule has 0 unspecified atom stereocenters. The Morgan fingerprint density at radius 3 is 3.08 bits per heavy atom. The summed E-state index contributed by atoms with van der Waals surface area (Å²) >= 11 is 0. The van der Waals surface area contributed by atoms with Crippen molar-refractivity contribution in [2.75, 3.05) is 18.2 Å². The Labute approximate surface area is 75.3 Å². The summed E-state index contributed by atoms with van der Waals surface area (Å²) < 4.78 is 5.27. The molecule has 0 fully saturated rings. The highest BCUT2D eigenvalue weighted by Gasteiger charge is 2.20. The van der Waals surface area contributed by atoms with Gasteiger partial charge in [-0.05, 0) is 12.1 Å². The molecule has 0 bridgehead atoms. The van der Waals surface area contributed by atoms with Gasteiger partial charge in [-0.1, -0.05) is 12.1 Å². The SMILES string of the molecule is O=C(O)CN1COc2ccccc21. The van der Waals surface area contributed by atoms with Gasteiger partial charge in [0, 0.05) is 0 Å². The van der Waals surface area contributed by atoms with Crippen molar-refractivity contribution in [2.24, 2.45) is 0 Å². The van der Waals surface area contributed by atoms with E-state index in [9.17, 15) is 4.79 Å². The monoisotopic (exact) mass is 179 g/mol. The first-order valence-electron chi connectivity index (χ1n) is 3.96. The van der Waals surface area contributed by atoms with Crippen molar-refractivity contribution in [3.8, 4) is 5.75 Å². The Hall–Kier alpha value is -1.71. The van der Waals surface area contributed by atoms with Crippen LogP contribution in [0.5, 0.6) is 5.75 Å². The van der Waals surface area contributed by atoms with Crippen LogP contribution in [0.3, 0.4) is 0 Å². The van der Waals surface area contributed by atoms with E-state index < -0.39 is 5.97 Å². The van der Waals surface area contributed by atoms with Crippen LogP contribution in [0.2, 0.25) is 0 Å². The molecule has 68 valence electrons. The number of para-hydroxylation sites is 2. The topological polar surface area (TPSA) is 49.8 Å². The number of carboxylic acids is 1. The Morgan fingerprint density at radius 1 is 1.54 bits per heavy atom. The number of benzene rings is 1. The molecule has 4 heteroatoms. The molecule has 1 heterocycles. The van der Waals surface area contributed by atoms with E-state index in [1.807, 2.05) is 24.3 Å². The summed E-state index contributed by atoms with van der Waals surface area (Å²) in [5, 5.41) is 8.60. The van der Waals surface area contributed by atoms with Crippen molar-refractivity contribution in [3.63, 3.8) is 0 Å². The Kier molecular flexibility index (Phi) is 1.81. The number of aliphatic carboxylic acids is 1. The van der Waals surface area contributed by atoms with Crippen molar-refractivity contribution in [2.45, 2.75) is 0 Å². The average Bonchev–Trinajstić information content (AvgIpc) is 2.48. The highest BCUT2D eigenvalue weighted by Crippen LogP contribution is 2.32. The number of hydrogen-bond donors (Lipinski definition) is 1. The van der Waals surface area contributed by atoms with Gasteiger partial charge in [-0.25, -0.2) is 0 Å². The molecule has 0 atom stereocenters. The van der Waals surface area contributed by atoms with Crippen LogP contribution >= 0.6 is 0 Å². The molecule has 1 aromatic carbocycles. The summed E-state index contributed by atoms with van der Waals surface area (Å²) in [4.78, 5) is 12.1. The smallest absolute Gasteiger partial charge is 0.323 e. The molecule has 2 rings (SSSR count). The molecule has 0 aliphatic carbocycles. The van der Waals surface area contributed by atoms with Crippen LogP contribution < -0.4 is 9.64 Å². The summed E-state index contributed by atoms with van der Waals surface area (Å²) in [6.45, 7) is 0.308. The molecule has 0 aromatic heterocycles. The molecule has 0 saturated heterocycles. The van der Waals surface area contributed by atoms with E-state index in [4.69, 9.17) is 9.84 Å². The van der Waals surface area contributed by atoms with Gasteiger partial charge in [-0.15, -0.1) is 0 Å². The fourth-order valence-corrected chi connectivity index (χ4v) is 1.35. The number of rotatable bonds is 2.